The number of aromatic nitrogens is 1. The van der Waals surface area contributed by atoms with Crippen molar-refractivity contribution in [3.8, 4) is 0 Å². The number of aliphatic imine (C=N–C) groups is 1. The molecule has 1 aromatic heterocycles. The Hall–Kier alpha value is -0.840. The molecule has 0 aromatic carbocycles. The smallest absolute Gasteiger partial charge is 0.191 e. The molecule has 0 radical (unpaired) electrons. The largest absolute Gasteiger partial charge is 0.361 e. The van der Waals surface area contributed by atoms with Crippen LogP contribution in [0.2, 0.25) is 0 Å². The Morgan fingerprint density at radius 2 is 1.95 bits per heavy atom. The first kappa shape index (κ1) is 21.2. The molecule has 0 amide bonds. The lowest BCUT2D eigenvalue weighted by molar-refractivity contribution is 0.380. The summed E-state index contributed by atoms with van der Waals surface area (Å²) >= 11 is 0. The second-order valence-corrected chi connectivity index (χ2v) is 6.98. The molecule has 0 aliphatic rings. The molecule has 128 valence electrons. The molecule has 0 spiro atoms. The van der Waals surface area contributed by atoms with Crippen molar-refractivity contribution >= 4 is 39.8 Å². The number of hydrogen-bond donors (Lipinski definition) is 2. The predicted octanol–water partition coefficient (Wildman–Crippen LogP) is 1.13. The SMILES string of the molecule is CCc1noc(CC)c1CNC(=NC)NCCS(C)(=O)=O.I. The Morgan fingerprint density at radius 1 is 1.27 bits per heavy atom. The van der Waals surface area contributed by atoms with Crippen LogP contribution in [-0.4, -0.2) is 45.1 Å². The van der Waals surface area contributed by atoms with E-state index in [1.807, 2.05) is 13.8 Å². The summed E-state index contributed by atoms with van der Waals surface area (Å²) in [7, 11) is -1.33. The number of nitrogens with zero attached hydrogens (tertiary/aromatic N) is 2. The molecule has 0 saturated heterocycles. The molecule has 0 unspecified atom stereocenters. The van der Waals surface area contributed by atoms with E-state index in [1.165, 1.54) is 6.26 Å². The van der Waals surface area contributed by atoms with Gasteiger partial charge < -0.3 is 15.2 Å². The Balaban J connectivity index is 0.00000441. The first-order chi connectivity index (χ1) is 9.91. The van der Waals surface area contributed by atoms with Crippen molar-refractivity contribution in [2.24, 2.45) is 4.99 Å². The zero-order valence-electron chi connectivity index (χ0n) is 13.5. The van der Waals surface area contributed by atoms with Crippen LogP contribution >= 0.6 is 24.0 Å². The summed E-state index contributed by atoms with van der Waals surface area (Å²) in [6, 6.07) is 0. The molecule has 2 N–H and O–H groups in total. The van der Waals surface area contributed by atoms with Crippen molar-refractivity contribution in [1.82, 2.24) is 15.8 Å². The molecule has 9 heteroatoms. The minimum atomic E-state index is -2.98. The molecule has 1 rings (SSSR count). The molecule has 0 fully saturated rings. The summed E-state index contributed by atoms with van der Waals surface area (Å²) in [6.45, 7) is 4.92. The maximum atomic E-state index is 11.1. The van der Waals surface area contributed by atoms with Crippen LogP contribution in [0.5, 0.6) is 0 Å². The quantitative estimate of drug-likeness (QED) is 0.372. The molecule has 22 heavy (non-hydrogen) atoms. The average Bonchev–Trinajstić information content (AvgIpc) is 2.83. The summed E-state index contributed by atoms with van der Waals surface area (Å²) in [5.74, 6) is 1.50. The van der Waals surface area contributed by atoms with Crippen LogP contribution in [0.15, 0.2) is 9.52 Å². The third-order valence-corrected chi connectivity index (χ3v) is 3.97. The van der Waals surface area contributed by atoms with E-state index in [9.17, 15) is 8.42 Å². The van der Waals surface area contributed by atoms with E-state index >= 15 is 0 Å². The van der Waals surface area contributed by atoms with Gasteiger partial charge in [-0.25, -0.2) is 8.42 Å². The van der Waals surface area contributed by atoms with Crippen molar-refractivity contribution in [2.75, 3.05) is 25.6 Å². The minimum absolute atomic E-state index is 0. The van der Waals surface area contributed by atoms with Crippen LogP contribution in [0, 0.1) is 0 Å². The predicted molar refractivity (Wildman–Crippen MR) is 98.6 cm³/mol. The number of nitrogens with one attached hydrogen (secondary N) is 2. The monoisotopic (exact) mass is 444 g/mol. The van der Waals surface area contributed by atoms with Gasteiger partial charge in [0.1, 0.15) is 15.6 Å². The number of rotatable bonds is 7. The van der Waals surface area contributed by atoms with Gasteiger partial charge in [-0.2, -0.15) is 0 Å². The molecule has 0 aliphatic heterocycles. The fourth-order valence-corrected chi connectivity index (χ4v) is 2.36. The highest BCUT2D eigenvalue weighted by Gasteiger charge is 2.13. The van der Waals surface area contributed by atoms with E-state index in [-0.39, 0.29) is 29.7 Å². The first-order valence-corrected chi connectivity index (χ1v) is 9.05. The van der Waals surface area contributed by atoms with Crippen LogP contribution < -0.4 is 10.6 Å². The molecule has 0 aliphatic carbocycles. The standard InChI is InChI=1S/C13H24N4O3S.HI/c1-5-11-10(12(6-2)20-17-11)9-16-13(14-3)15-7-8-21(4,18)19;/h5-9H2,1-4H3,(H2,14,15,16);1H. The second kappa shape index (κ2) is 10.0. The second-order valence-electron chi connectivity index (χ2n) is 4.72. The zero-order chi connectivity index (χ0) is 15.9. The van der Waals surface area contributed by atoms with Gasteiger partial charge in [-0.3, -0.25) is 4.99 Å². The number of aryl methyl sites for hydroxylation is 2. The highest BCUT2D eigenvalue weighted by atomic mass is 127. The molecule has 0 bridgehead atoms. The molecular formula is C13H25IN4O3S. The van der Waals surface area contributed by atoms with E-state index in [0.717, 1.165) is 29.9 Å². The van der Waals surface area contributed by atoms with Crippen molar-refractivity contribution in [3.05, 3.63) is 17.0 Å². The summed E-state index contributed by atoms with van der Waals surface area (Å²) in [5.41, 5.74) is 1.98. The van der Waals surface area contributed by atoms with Gasteiger partial charge in [0.2, 0.25) is 0 Å². The van der Waals surface area contributed by atoms with Crippen LogP contribution in [0.3, 0.4) is 0 Å². The number of halogens is 1. The van der Waals surface area contributed by atoms with E-state index in [1.54, 1.807) is 7.05 Å². The molecule has 0 atom stereocenters. The van der Waals surface area contributed by atoms with Crippen molar-refractivity contribution in [2.45, 2.75) is 33.2 Å². The van der Waals surface area contributed by atoms with Crippen LogP contribution in [0.4, 0.5) is 0 Å². The van der Waals surface area contributed by atoms with Crippen LogP contribution in [-0.2, 0) is 29.2 Å². The highest BCUT2D eigenvalue weighted by molar-refractivity contribution is 14.0. The van der Waals surface area contributed by atoms with Gasteiger partial charge in [0, 0.05) is 38.4 Å². The molecule has 0 saturated carbocycles. The molecular weight excluding hydrogens is 419 g/mol. The Labute approximate surface area is 149 Å². The van der Waals surface area contributed by atoms with Crippen molar-refractivity contribution in [3.63, 3.8) is 0 Å². The summed E-state index contributed by atoms with van der Waals surface area (Å²) in [6.07, 6.45) is 2.80. The molecule has 7 nitrogen and oxygen atoms in total. The number of hydrogen-bond acceptors (Lipinski definition) is 5. The zero-order valence-corrected chi connectivity index (χ0v) is 16.6. The fraction of sp³-hybridized carbons (Fsp3) is 0.692. The van der Waals surface area contributed by atoms with Crippen molar-refractivity contribution in [1.29, 1.82) is 0 Å². The molecule has 1 heterocycles. The fourth-order valence-electron chi connectivity index (χ4n) is 1.89. The third kappa shape index (κ3) is 6.95. The van der Waals surface area contributed by atoms with E-state index in [2.05, 4.69) is 20.8 Å². The maximum Gasteiger partial charge on any atom is 0.191 e. The van der Waals surface area contributed by atoms with Crippen molar-refractivity contribution < 1.29 is 12.9 Å². The van der Waals surface area contributed by atoms with Gasteiger partial charge in [0.05, 0.1) is 11.4 Å². The van der Waals surface area contributed by atoms with Gasteiger partial charge in [0.15, 0.2) is 5.96 Å². The lowest BCUT2D eigenvalue weighted by Gasteiger charge is -2.11. The Bertz CT molecular complexity index is 563. The van der Waals surface area contributed by atoms with E-state index in [4.69, 9.17) is 4.52 Å². The number of sulfone groups is 1. The third-order valence-electron chi connectivity index (χ3n) is 3.03. The van der Waals surface area contributed by atoms with Gasteiger partial charge in [-0.1, -0.05) is 19.0 Å². The summed E-state index contributed by atoms with van der Waals surface area (Å²) in [5, 5.41) is 10.2. The van der Waals surface area contributed by atoms with Gasteiger partial charge in [0.25, 0.3) is 0 Å². The lowest BCUT2D eigenvalue weighted by atomic mass is 10.1. The van der Waals surface area contributed by atoms with Crippen LogP contribution in [0.1, 0.15) is 30.9 Å². The van der Waals surface area contributed by atoms with E-state index < -0.39 is 9.84 Å². The highest BCUT2D eigenvalue weighted by Crippen LogP contribution is 2.15. The summed E-state index contributed by atoms with van der Waals surface area (Å²) < 4.78 is 27.5. The van der Waals surface area contributed by atoms with Gasteiger partial charge in [-0.15, -0.1) is 24.0 Å². The topological polar surface area (TPSA) is 96.6 Å². The number of guanidine groups is 1. The summed E-state index contributed by atoms with van der Waals surface area (Å²) in [4.78, 5) is 4.07. The van der Waals surface area contributed by atoms with Gasteiger partial charge in [-0.05, 0) is 6.42 Å². The average molecular weight is 444 g/mol. The van der Waals surface area contributed by atoms with E-state index in [0.29, 0.717) is 19.0 Å². The normalized spacial score (nSPS) is 11.9. The molecule has 1 aromatic rings. The van der Waals surface area contributed by atoms with Crippen LogP contribution in [0.25, 0.3) is 0 Å². The maximum absolute atomic E-state index is 11.1. The Morgan fingerprint density at radius 3 is 2.45 bits per heavy atom. The first-order valence-electron chi connectivity index (χ1n) is 6.99. The Kier molecular flexibility index (Phi) is 9.65. The lowest BCUT2D eigenvalue weighted by Crippen LogP contribution is -2.39. The van der Waals surface area contributed by atoms with Gasteiger partial charge >= 0.3 is 0 Å². The minimum Gasteiger partial charge on any atom is -0.361 e.